The molecule has 0 spiro atoms. The Bertz CT molecular complexity index is 575. The summed E-state index contributed by atoms with van der Waals surface area (Å²) in [4.78, 5) is 0. The molecular formula is C16H20BrNO2. The Morgan fingerprint density at radius 1 is 1.35 bits per heavy atom. The van der Waals surface area contributed by atoms with E-state index in [0.717, 1.165) is 53.8 Å². The molecule has 1 aromatic carbocycles. The monoisotopic (exact) mass is 337 g/mol. The highest BCUT2D eigenvalue weighted by Crippen LogP contribution is 2.35. The van der Waals surface area contributed by atoms with Gasteiger partial charge in [0.25, 0.3) is 0 Å². The third kappa shape index (κ3) is 2.78. The summed E-state index contributed by atoms with van der Waals surface area (Å²) in [6, 6.07) is 8.61. The van der Waals surface area contributed by atoms with Gasteiger partial charge in [0, 0.05) is 18.6 Å². The van der Waals surface area contributed by atoms with E-state index in [4.69, 9.17) is 9.15 Å². The second-order valence-corrected chi connectivity index (χ2v) is 6.15. The maximum absolute atomic E-state index is 6.12. The third-order valence-corrected chi connectivity index (χ3v) is 4.61. The molecule has 1 fully saturated rings. The fraction of sp³-hybridized carbons (Fsp3) is 0.500. The number of fused-ring (bicyclic) bond motifs is 1. The second kappa shape index (κ2) is 6.29. The van der Waals surface area contributed by atoms with Gasteiger partial charge in [0.2, 0.25) is 0 Å². The SMILES string of the molecule is CCNC(c1cc2cccc(Br)c2o1)C1CCOCC1. The molecule has 1 aromatic heterocycles. The molecule has 2 aromatic rings. The normalized spacial score (nSPS) is 18.5. The maximum atomic E-state index is 6.12. The van der Waals surface area contributed by atoms with Crippen molar-refractivity contribution >= 4 is 26.9 Å². The van der Waals surface area contributed by atoms with Crippen molar-refractivity contribution in [3.05, 3.63) is 34.5 Å². The first-order chi connectivity index (χ1) is 9.79. The van der Waals surface area contributed by atoms with Gasteiger partial charge in [-0.25, -0.2) is 0 Å². The van der Waals surface area contributed by atoms with Gasteiger partial charge in [-0.3, -0.25) is 0 Å². The summed E-state index contributed by atoms with van der Waals surface area (Å²) in [6.07, 6.45) is 2.19. The van der Waals surface area contributed by atoms with Crippen LogP contribution in [0.3, 0.4) is 0 Å². The van der Waals surface area contributed by atoms with Crippen LogP contribution in [0.5, 0.6) is 0 Å². The van der Waals surface area contributed by atoms with Gasteiger partial charge in [0.05, 0.1) is 10.5 Å². The Kier molecular flexibility index (Phi) is 4.44. The minimum atomic E-state index is 0.281. The predicted octanol–water partition coefficient (Wildman–Crippen LogP) is 4.27. The van der Waals surface area contributed by atoms with E-state index in [9.17, 15) is 0 Å². The lowest BCUT2D eigenvalue weighted by Crippen LogP contribution is -2.31. The highest BCUT2D eigenvalue weighted by Gasteiger charge is 2.27. The summed E-state index contributed by atoms with van der Waals surface area (Å²) in [5.41, 5.74) is 0.942. The summed E-state index contributed by atoms with van der Waals surface area (Å²) in [5.74, 6) is 1.63. The minimum absolute atomic E-state index is 0.281. The van der Waals surface area contributed by atoms with Crippen LogP contribution in [0.25, 0.3) is 11.0 Å². The largest absolute Gasteiger partial charge is 0.458 e. The van der Waals surface area contributed by atoms with Crippen LogP contribution in [0.15, 0.2) is 33.2 Å². The second-order valence-electron chi connectivity index (χ2n) is 5.29. The molecular weight excluding hydrogens is 318 g/mol. The van der Waals surface area contributed by atoms with Crippen LogP contribution in [0.1, 0.15) is 31.6 Å². The topological polar surface area (TPSA) is 34.4 Å². The van der Waals surface area contributed by atoms with E-state index in [2.05, 4.69) is 40.3 Å². The minimum Gasteiger partial charge on any atom is -0.458 e. The van der Waals surface area contributed by atoms with Crippen LogP contribution in [0.2, 0.25) is 0 Å². The van der Waals surface area contributed by atoms with Crippen molar-refractivity contribution in [1.29, 1.82) is 0 Å². The van der Waals surface area contributed by atoms with E-state index in [1.807, 2.05) is 12.1 Å². The fourth-order valence-electron chi connectivity index (χ4n) is 2.97. The number of nitrogens with one attached hydrogen (secondary N) is 1. The van der Waals surface area contributed by atoms with Crippen molar-refractivity contribution in [3.8, 4) is 0 Å². The van der Waals surface area contributed by atoms with E-state index >= 15 is 0 Å². The van der Waals surface area contributed by atoms with E-state index < -0.39 is 0 Å². The zero-order chi connectivity index (χ0) is 13.9. The van der Waals surface area contributed by atoms with Crippen LogP contribution in [-0.2, 0) is 4.74 Å². The number of furan rings is 1. The summed E-state index contributed by atoms with van der Waals surface area (Å²) < 4.78 is 12.6. The fourth-order valence-corrected chi connectivity index (χ4v) is 3.43. The molecule has 1 unspecified atom stereocenters. The van der Waals surface area contributed by atoms with Crippen molar-refractivity contribution in [2.75, 3.05) is 19.8 Å². The van der Waals surface area contributed by atoms with Gasteiger partial charge in [0.15, 0.2) is 0 Å². The Hall–Kier alpha value is -0.840. The first-order valence-electron chi connectivity index (χ1n) is 7.28. The van der Waals surface area contributed by atoms with Crippen molar-refractivity contribution in [3.63, 3.8) is 0 Å². The summed E-state index contributed by atoms with van der Waals surface area (Å²) in [5, 5.41) is 4.74. The summed E-state index contributed by atoms with van der Waals surface area (Å²) >= 11 is 3.56. The van der Waals surface area contributed by atoms with Gasteiger partial charge in [-0.2, -0.15) is 0 Å². The number of halogens is 1. The summed E-state index contributed by atoms with van der Waals surface area (Å²) in [7, 11) is 0. The molecule has 3 rings (SSSR count). The zero-order valence-corrected chi connectivity index (χ0v) is 13.3. The molecule has 1 atom stereocenters. The van der Waals surface area contributed by atoms with Crippen molar-refractivity contribution in [2.45, 2.75) is 25.8 Å². The first-order valence-corrected chi connectivity index (χ1v) is 8.08. The van der Waals surface area contributed by atoms with E-state index in [1.165, 1.54) is 0 Å². The molecule has 3 nitrogen and oxygen atoms in total. The molecule has 1 saturated heterocycles. The van der Waals surface area contributed by atoms with Crippen molar-refractivity contribution in [2.24, 2.45) is 5.92 Å². The highest BCUT2D eigenvalue weighted by molar-refractivity contribution is 9.10. The number of benzene rings is 1. The van der Waals surface area contributed by atoms with E-state index in [0.29, 0.717) is 5.92 Å². The van der Waals surface area contributed by atoms with Crippen LogP contribution in [0, 0.1) is 5.92 Å². The maximum Gasteiger partial charge on any atom is 0.148 e. The molecule has 0 bridgehead atoms. The standard InChI is InChI=1S/C16H20BrNO2/c1-2-18-15(11-6-8-19-9-7-11)14-10-12-4-3-5-13(17)16(12)20-14/h3-5,10-11,15,18H,2,6-9H2,1H3. The Morgan fingerprint density at radius 2 is 2.15 bits per heavy atom. The molecule has 4 heteroatoms. The third-order valence-electron chi connectivity index (χ3n) is 3.98. The molecule has 2 heterocycles. The average Bonchev–Trinajstić information content (AvgIpc) is 2.91. The lowest BCUT2D eigenvalue weighted by atomic mass is 9.90. The Morgan fingerprint density at radius 3 is 2.85 bits per heavy atom. The highest BCUT2D eigenvalue weighted by atomic mass is 79.9. The molecule has 1 N–H and O–H groups in total. The molecule has 1 aliphatic rings. The lowest BCUT2D eigenvalue weighted by Gasteiger charge is -2.29. The van der Waals surface area contributed by atoms with E-state index in [-0.39, 0.29) is 6.04 Å². The van der Waals surface area contributed by atoms with Gasteiger partial charge < -0.3 is 14.5 Å². The molecule has 108 valence electrons. The van der Waals surface area contributed by atoms with Crippen molar-refractivity contribution < 1.29 is 9.15 Å². The van der Waals surface area contributed by atoms with Crippen molar-refractivity contribution in [1.82, 2.24) is 5.32 Å². The van der Waals surface area contributed by atoms with Gasteiger partial charge in [-0.05, 0) is 53.4 Å². The van der Waals surface area contributed by atoms with Gasteiger partial charge >= 0.3 is 0 Å². The van der Waals surface area contributed by atoms with Gasteiger partial charge in [-0.1, -0.05) is 19.1 Å². The van der Waals surface area contributed by atoms with Crippen LogP contribution in [0.4, 0.5) is 0 Å². The molecule has 20 heavy (non-hydrogen) atoms. The number of hydrogen-bond donors (Lipinski definition) is 1. The van der Waals surface area contributed by atoms with Gasteiger partial charge in [-0.15, -0.1) is 0 Å². The predicted molar refractivity (Wildman–Crippen MR) is 83.9 cm³/mol. The molecule has 0 aliphatic carbocycles. The summed E-state index contributed by atoms with van der Waals surface area (Å²) in [6.45, 7) is 4.80. The molecule has 0 radical (unpaired) electrons. The Balaban J connectivity index is 1.93. The van der Waals surface area contributed by atoms with Crippen LogP contribution >= 0.6 is 15.9 Å². The van der Waals surface area contributed by atoms with Crippen LogP contribution in [-0.4, -0.2) is 19.8 Å². The smallest absolute Gasteiger partial charge is 0.148 e. The average molecular weight is 338 g/mol. The number of hydrogen-bond acceptors (Lipinski definition) is 3. The van der Waals surface area contributed by atoms with Crippen LogP contribution < -0.4 is 5.32 Å². The molecule has 0 saturated carbocycles. The number of para-hydroxylation sites is 1. The lowest BCUT2D eigenvalue weighted by molar-refractivity contribution is 0.0511. The molecule has 1 aliphatic heterocycles. The van der Waals surface area contributed by atoms with E-state index in [1.54, 1.807) is 0 Å². The Labute approximate surface area is 127 Å². The zero-order valence-electron chi connectivity index (χ0n) is 11.7. The quantitative estimate of drug-likeness (QED) is 0.904. The first kappa shape index (κ1) is 14.1. The molecule has 0 amide bonds. The number of rotatable bonds is 4. The number of ether oxygens (including phenoxy) is 1. The van der Waals surface area contributed by atoms with Gasteiger partial charge in [0.1, 0.15) is 11.3 Å².